The first-order chi connectivity index (χ1) is 12.6. The van der Waals surface area contributed by atoms with Crippen molar-refractivity contribution >= 4 is 17.6 Å². The third kappa shape index (κ3) is 4.29. The van der Waals surface area contributed by atoms with E-state index in [1.807, 2.05) is 0 Å². The van der Waals surface area contributed by atoms with Gasteiger partial charge in [0.25, 0.3) is 0 Å². The van der Waals surface area contributed by atoms with E-state index in [-0.39, 0.29) is 18.4 Å². The van der Waals surface area contributed by atoms with Crippen LogP contribution in [-0.4, -0.2) is 71.0 Å². The van der Waals surface area contributed by atoms with Crippen LogP contribution in [0.3, 0.4) is 0 Å². The minimum atomic E-state index is -0.172. The molecule has 0 aliphatic carbocycles. The van der Waals surface area contributed by atoms with Gasteiger partial charge < -0.3 is 15.1 Å². The van der Waals surface area contributed by atoms with E-state index in [4.69, 9.17) is 0 Å². The fraction of sp³-hybridized carbons (Fsp3) is 0.474. The lowest BCUT2D eigenvalue weighted by Crippen LogP contribution is -2.46. The van der Waals surface area contributed by atoms with Crippen LogP contribution in [-0.2, 0) is 6.61 Å². The number of aryl methyl sites for hydroxylation is 1. The number of hydrogen-bond acceptors (Lipinski definition) is 7. The predicted molar refractivity (Wildman–Crippen MR) is 105 cm³/mol. The first-order valence-corrected chi connectivity index (χ1v) is 9.72. The molecule has 3 rings (SSSR count). The number of nitrogens with zero attached hydrogens (tertiary/aromatic N) is 4. The van der Waals surface area contributed by atoms with Gasteiger partial charge in [-0.2, -0.15) is 0 Å². The van der Waals surface area contributed by atoms with Crippen LogP contribution in [0.25, 0.3) is 0 Å². The van der Waals surface area contributed by atoms with Crippen LogP contribution in [0.1, 0.15) is 27.7 Å². The van der Waals surface area contributed by atoms with Crippen LogP contribution in [0.4, 0.5) is 0 Å². The van der Waals surface area contributed by atoms with Gasteiger partial charge in [0, 0.05) is 54.6 Å². The summed E-state index contributed by atoms with van der Waals surface area (Å²) in [6.07, 6.45) is 3.26. The number of likely N-dealkylation sites (N-methyl/N-ethyl adjacent to an activating group) is 1. The highest BCUT2D eigenvalue weighted by Gasteiger charge is 2.24. The zero-order valence-electron chi connectivity index (χ0n) is 15.3. The summed E-state index contributed by atoms with van der Waals surface area (Å²) in [5.74, 6) is 0.0903. The maximum Gasteiger partial charge on any atom is 0.145 e. The van der Waals surface area contributed by atoms with Gasteiger partial charge in [-0.05, 0) is 25.4 Å². The maximum atomic E-state index is 10.3. The summed E-state index contributed by atoms with van der Waals surface area (Å²) in [6, 6.07) is 4.48. The molecule has 0 aromatic carbocycles. The van der Waals surface area contributed by atoms with Crippen molar-refractivity contribution in [1.29, 1.82) is 0 Å². The highest BCUT2D eigenvalue weighted by Crippen LogP contribution is 2.27. The van der Waals surface area contributed by atoms with Crippen LogP contribution in [0, 0.1) is 6.92 Å². The van der Waals surface area contributed by atoms with E-state index in [0.717, 1.165) is 26.2 Å². The van der Waals surface area contributed by atoms with Gasteiger partial charge in [-0.3, -0.25) is 14.9 Å². The van der Waals surface area contributed by atoms with Crippen molar-refractivity contribution in [3.05, 3.63) is 45.4 Å². The number of aliphatic hydroxyl groups is 1. The first-order valence-electron chi connectivity index (χ1n) is 8.84. The molecule has 1 aliphatic heterocycles. The summed E-state index contributed by atoms with van der Waals surface area (Å²) in [5.41, 5.74) is 1.69. The largest absolute Gasteiger partial charge is 0.505 e. The number of rotatable bonds is 6. The lowest BCUT2D eigenvalue weighted by Gasteiger charge is -2.37. The Hall–Kier alpha value is -1.80. The third-order valence-electron chi connectivity index (χ3n) is 4.88. The SMILES string of the molecule is Cc1ncc(CO)c(C=NC[C@@H](c2cccs2)N2CCN(C)CC2)c1O. The molecule has 0 unspecified atom stereocenters. The molecule has 7 heteroatoms. The zero-order chi connectivity index (χ0) is 18.5. The summed E-state index contributed by atoms with van der Waals surface area (Å²) in [7, 11) is 2.15. The van der Waals surface area contributed by atoms with Crippen LogP contribution in [0.2, 0.25) is 0 Å². The molecule has 1 atom stereocenters. The van der Waals surface area contributed by atoms with Crippen molar-refractivity contribution < 1.29 is 10.2 Å². The van der Waals surface area contributed by atoms with Crippen LogP contribution in [0.5, 0.6) is 5.75 Å². The van der Waals surface area contributed by atoms with Gasteiger partial charge in [0.1, 0.15) is 5.75 Å². The average Bonchev–Trinajstić information content (AvgIpc) is 3.17. The Morgan fingerprint density at radius 3 is 2.77 bits per heavy atom. The van der Waals surface area contributed by atoms with Crippen molar-refractivity contribution in [3.63, 3.8) is 0 Å². The average molecular weight is 375 g/mol. The fourth-order valence-electron chi connectivity index (χ4n) is 3.17. The van der Waals surface area contributed by atoms with Gasteiger partial charge in [0.15, 0.2) is 0 Å². The number of aromatic hydroxyl groups is 1. The van der Waals surface area contributed by atoms with Crippen LogP contribution < -0.4 is 0 Å². The molecule has 2 aromatic rings. The molecule has 2 aromatic heterocycles. The fourth-order valence-corrected chi connectivity index (χ4v) is 4.02. The van der Waals surface area contributed by atoms with E-state index in [1.165, 1.54) is 4.88 Å². The van der Waals surface area contributed by atoms with Crippen molar-refractivity contribution in [2.24, 2.45) is 4.99 Å². The van der Waals surface area contributed by atoms with E-state index in [1.54, 1.807) is 30.7 Å². The molecular weight excluding hydrogens is 348 g/mol. The third-order valence-corrected chi connectivity index (χ3v) is 5.85. The summed E-state index contributed by atoms with van der Waals surface area (Å²) in [4.78, 5) is 14.9. The molecule has 0 bridgehead atoms. The van der Waals surface area contributed by atoms with E-state index >= 15 is 0 Å². The molecule has 0 radical (unpaired) electrons. The lowest BCUT2D eigenvalue weighted by atomic mass is 10.1. The van der Waals surface area contributed by atoms with Gasteiger partial charge in [-0.1, -0.05) is 6.07 Å². The van der Waals surface area contributed by atoms with Crippen LogP contribution in [0.15, 0.2) is 28.7 Å². The number of hydrogen-bond donors (Lipinski definition) is 2. The molecule has 0 amide bonds. The number of thiophene rings is 1. The normalized spacial score (nSPS) is 17.8. The molecule has 26 heavy (non-hydrogen) atoms. The van der Waals surface area contributed by atoms with Gasteiger partial charge in [0.05, 0.1) is 24.9 Å². The van der Waals surface area contributed by atoms with E-state index in [2.05, 4.69) is 44.3 Å². The topological polar surface area (TPSA) is 72.2 Å². The number of aliphatic hydroxyl groups excluding tert-OH is 1. The predicted octanol–water partition coefficient (Wildman–Crippen LogP) is 2.06. The van der Waals surface area contributed by atoms with Gasteiger partial charge >= 0.3 is 0 Å². The van der Waals surface area contributed by atoms with E-state index < -0.39 is 0 Å². The highest BCUT2D eigenvalue weighted by atomic mass is 32.1. The Morgan fingerprint density at radius 2 is 2.12 bits per heavy atom. The van der Waals surface area contributed by atoms with Gasteiger partial charge in [-0.15, -0.1) is 11.3 Å². The summed E-state index contributed by atoms with van der Waals surface area (Å²) < 4.78 is 0. The highest BCUT2D eigenvalue weighted by molar-refractivity contribution is 7.10. The van der Waals surface area contributed by atoms with Gasteiger partial charge in [-0.25, -0.2) is 0 Å². The van der Waals surface area contributed by atoms with E-state index in [0.29, 0.717) is 23.4 Å². The monoisotopic (exact) mass is 374 g/mol. The Kier molecular flexibility index (Phi) is 6.37. The summed E-state index contributed by atoms with van der Waals surface area (Å²) in [6.45, 7) is 6.36. The second kappa shape index (κ2) is 8.73. The molecular formula is C19H26N4O2S. The van der Waals surface area contributed by atoms with Crippen molar-refractivity contribution in [1.82, 2.24) is 14.8 Å². The number of pyridine rings is 1. The quantitative estimate of drug-likeness (QED) is 0.757. The lowest BCUT2D eigenvalue weighted by molar-refractivity contribution is 0.116. The molecule has 1 saturated heterocycles. The Morgan fingerprint density at radius 1 is 1.35 bits per heavy atom. The smallest absolute Gasteiger partial charge is 0.145 e. The minimum Gasteiger partial charge on any atom is -0.505 e. The number of piperazine rings is 1. The standard InChI is InChI=1S/C19H26N4O2S/c1-14-19(25)16(15(13-24)10-21-14)11-20-12-17(18-4-3-9-26-18)23-7-5-22(2)6-8-23/h3-4,9-11,17,24-25H,5-8,12-13H2,1-2H3/t17-/m0/s1. The van der Waals surface area contributed by atoms with Crippen LogP contribution >= 0.6 is 11.3 Å². The zero-order valence-corrected chi connectivity index (χ0v) is 16.1. The molecule has 0 saturated carbocycles. The Bertz CT molecular complexity index is 740. The molecule has 1 aliphatic rings. The van der Waals surface area contributed by atoms with E-state index in [9.17, 15) is 10.2 Å². The minimum absolute atomic E-state index is 0.0903. The second-order valence-corrected chi connectivity index (χ2v) is 7.63. The summed E-state index contributed by atoms with van der Waals surface area (Å²) >= 11 is 1.76. The van der Waals surface area contributed by atoms with Crippen molar-refractivity contribution in [2.75, 3.05) is 39.8 Å². The number of aromatic nitrogens is 1. The Balaban J connectivity index is 1.78. The molecule has 0 spiro atoms. The molecule has 6 nitrogen and oxygen atoms in total. The first kappa shape index (κ1) is 19.0. The molecule has 2 N–H and O–H groups in total. The second-order valence-electron chi connectivity index (χ2n) is 6.65. The van der Waals surface area contributed by atoms with Gasteiger partial charge in [0.2, 0.25) is 0 Å². The number of aliphatic imine (C=N–C) groups is 1. The summed E-state index contributed by atoms with van der Waals surface area (Å²) in [5, 5.41) is 21.9. The molecule has 3 heterocycles. The van der Waals surface area contributed by atoms with Crippen molar-refractivity contribution in [3.8, 4) is 5.75 Å². The van der Waals surface area contributed by atoms with Crippen molar-refractivity contribution in [2.45, 2.75) is 19.6 Å². The molecule has 140 valence electrons. The maximum absolute atomic E-state index is 10.3. The Labute approximate surface area is 158 Å². The molecule has 1 fully saturated rings.